The summed E-state index contributed by atoms with van der Waals surface area (Å²) in [5, 5.41) is 13.9. The summed E-state index contributed by atoms with van der Waals surface area (Å²) < 4.78 is 10.6. The number of nitrogens with one attached hydrogen (secondary N) is 2. The average molecular weight is 479 g/mol. The van der Waals surface area contributed by atoms with Gasteiger partial charge in [-0.05, 0) is 26.0 Å². The van der Waals surface area contributed by atoms with Crippen LogP contribution in [0.1, 0.15) is 32.2 Å². The Bertz CT molecular complexity index is 1420. The molecular formula is C28H22N4O4. The number of amides is 2. The molecule has 5 aromatic rings. The Morgan fingerprint density at radius 1 is 0.583 bits per heavy atom. The van der Waals surface area contributed by atoms with E-state index >= 15 is 0 Å². The first-order chi connectivity index (χ1) is 17.5. The van der Waals surface area contributed by atoms with E-state index in [1.54, 1.807) is 38.1 Å². The van der Waals surface area contributed by atoms with Gasteiger partial charge in [-0.2, -0.15) is 0 Å². The smallest absolute Gasteiger partial charge is 0.261 e. The Hall–Kier alpha value is -4.98. The first-order valence-corrected chi connectivity index (χ1v) is 11.3. The van der Waals surface area contributed by atoms with Crippen LogP contribution in [0.3, 0.4) is 0 Å². The van der Waals surface area contributed by atoms with E-state index < -0.39 is 11.8 Å². The number of carbonyl (C=O) groups is 2. The van der Waals surface area contributed by atoms with Crippen LogP contribution in [0.15, 0.2) is 94.0 Å². The molecule has 0 radical (unpaired) electrons. The van der Waals surface area contributed by atoms with E-state index in [9.17, 15) is 9.59 Å². The van der Waals surface area contributed by atoms with Gasteiger partial charge in [-0.3, -0.25) is 9.59 Å². The summed E-state index contributed by atoms with van der Waals surface area (Å²) in [7, 11) is 0. The van der Waals surface area contributed by atoms with Gasteiger partial charge >= 0.3 is 0 Å². The van der Waals surface area contributed by atoms with Crippen LogP contribution in [0.25, 0.3) is 22.5 Å². The second kappa shape index (κ2) is 9.71. The van der Waals surface area contributed by atoms with Crippen molar-refractivity contribution < 1.29 is 18.6 Å². The van der Waals surface area contributed by atoms with Crippen molar-refractivity contribution in [2.24, 2.45) is 0 Å². The quantitative estimate of drug-likeness (QED) is 0.304. The van der Waals surface area contributed by atoms with E-state index in [-0.39, 0.29) is 0 Å². The molecule has 0 bridgehead atoms. The van der Waals surface area contributed by atoms with Crippen LogP contribution in [-0.2, 0) is 0 Å². The summed E-state index contributed by atoms with van der Waals surface area (Å²) >= 11 is 0. The number of nitrogens with zero attached hydrogens (tertiary/aromatic N) is 2. The van der Waals surface area contributed by atoms with Crippen molar-refractivity contribution in [2.45, 2.75) is 13.8 Å². The number of anilines is 2. The molecule has 0 aliphatic carbocycles. The standard InChI is InChI=1S/C28H22N4O4/c1-17-23(25(31-35-17)19-11-5-3-6-12-19)27(33)29-21-15-9-10-16-22(21)30-28(34)24-18(2)36-32-26(24)20-13-7-4-8-14-20/h3-16H,1-2H3,(H,29,33)(H,30,34). The minimum Gasteiger partial charge on any atom is -0.360 e. The highest BCUT2D eigenvalue weighted by Gasteiger charge is 2.24. The van der Waals surface area contributed by atoms with Crippen molar-refractivity contribution in [3.63, 3.8) is 0 Å². The summed E-state index contributed by atoms with van der Waals surface area (Å²) in [6, 6.07) is 25.6. The van der Waals surface area contributed by atoms with Crippen LogP contribution >= 0.6 is 0 Å². The van der Waals surface area contributed by atoms with Crippen molar-refractivity contribution >= 4 is 23.2 Å². The van der Waals surface area contributed by atoms with Gasteiger partial charge < -0.3 is 19.7 Å². The molecule has 0 spiro atoms. The minimum atomic E-state index is -0.402. The van der Waals surface area contributed by atoms with Crippen LogP contribution in [0, 0.1) is 13.8 Å². The molecular weight excluding hydrogens is 456 g/mol. The number of hydrogen-bond acceptors (Lipinski definition) is 6. The van der Waals surface area contributed by atoms with Gasteiger partial charge in [-0.1, -0.05) is 83.1 Å². The number of rotatable bonds is 6. The Labute approximate surface area is 206 Å². The molecule has 2 N–H and O–H groups in total. The molecule has 0 unspecified atom stereocenters. The Morgan fingerprint density at radius 3 is 1.33 bits per heavy atom. The lowest BCUT2D eigenvalue weighted by Gasteiger charge is -2.13. The fourth-order valence-electron chi connectivity index (χ4n) is 3.94. The number of para-hydroxylation sites is 2. The normalized spacial score (nSPS) is 10.7. The molecule has 178 valence electrons. The van der Waals surface area contributed by atoms with Gasteiger partial charge in [0.15, 0.2) is 0 Å². The lowest BCUT2D eigenvalue weighted by Crippen LogP contribution is -2.18. The Balaban J connectivity index is 1.42. The predicted octanol–water partition coefficient (Wildman–Crippen LogP) is 6.12. The molecule has 2 amide bonds. The van der Waals surface area contributed by atoms with Gasteiger partial charge in [-0.25, -0.2) is 0 Å². The highest BCUT2D eigenvalue weighted by Crippen LogP contribution is 2.30. The molecule has 0 saturated heterocycles. The summed E-state index contributed by atoms with van der Waals surface area (Å²) in [5.41, 5.74) is 3.90. The van der Waals surface area contributed by atoms with Gasteiger partial charge in [0.2, 0.25) is 0 Å². The molecule has 0 aliphatic heterocycles. The van der Waals surface area contributed by atoms with Crippen molar-refractivity contribution in [1.29, 1.82) is 0 Å². The fraction of sp³-hybridized carbons (Fsp3) is 0.0714. The van der Waals surface area contributed by atoms with Crippen LogP contribution in [-0.4, -0.2) is 22.1 Å². The molecule has 0 fully saturated rings. The molecule has 5 rings (SSSR count). The predicted molar refractivity (Wildman–Crippen MR) is 136 cm³/mol. The van der Waals surface area contributed by atoms with Gasteiger partial charge in [0.05, 0.1) is 11.4 Å². The minimum absolute atomic E-state index is 0.323. The number of carbonyl (C=O) groups excluding carboxylic acids is 2. The van der Waals surface area contributed by atoms with E-state index in [4.69, 9.17) is 9.05 Å². The first-order valence-electron chi connectivity index (χ1n) is 11.3. The van der Waals surface area contributed by atoms with E-state index in [2.05, 4.69) is 20.9 Å². The first kappa shape index (κ1) is 22.8. The highest BCUT2D eigenvalue weighted by molar-refractivity contribution is 6.13. The van der Waals surface area contributed by atoms with E-state index in [1.807, 2.05) is 60.7 Å². The zero-order valence-corrected chi connectivity index (χ0v) is 19.6. The summed E-state index contributed by atoms with van der Waals surface area (Å²) in [6.45, 7) is 3.36. The highest BCUT2D eigenvalue weighted by atomic mass is 16.5. The van der Waals surface area contributed by atoms with Crippen LogP contribution in [0.2, 0.25) is 0 Å². The van der Waals surface area contributed by atoms with Gasteiger partial charge in [0.1, 0.15) is 34.0 Å². The summed E-state index contributed by atoms with van der Waals surface area (Å²) in [4.78, 5) is 26.6. The zero-order chi connectivity index (χ0) is 25.1. The maximum atomic E-state index is 13.3. The molecule has 8 nitrogen and oxygen atoms in total. The van der Waals surface area contributed by atoms with Gasteiger partial charge in [0.25, 0.3) is 11.8 Å². The largest absolute Gasteiger partial charge is 0.360 e. The zero-order valence-electron chi connectivity index (χ0n) is 19.6. The average Bonchev–Trinajstić information content (AvgIpc) is 3.49. The molecule has 0 aliphatic rings. The van der Waals surface area contributed by atoms with E-state index in [0.29, 0.717) is 45.4 Å². The molecule has 36 heavy (non-hydrogen) atoms. The molecule has 8 heteroatoms. The topological polar surface area (TPSA) is 110 Å². The third-order valence-electron chi connectivity index (χ3n) is 5.70. The molecule has 0 saturated carbocycles. The lowest BCUT2D eigenvalue weighted by atomic mass is 10.1. The monoisotopic (exact) mass is 478 g/mol. The third-order valence-corrected chi connectivity index (χ3v) is 5.70. The summed E-state index contributed by atoms with van der Waals surface area (Å²) in [5.74, 6) is -0.0261. The Kier molecular flexibility index (Phi) is 6.15. The van der Waals surface area contributed by atoms with Crippen molar-refractivity contribution in [3.05, 3.63) is 108 Å². The number of aryl methyl sites for hydroxylation is 2. The van der Waals surface area contributed by atoms with Crippen LogP contribution < -0.4 is 10.6 Å². The fourth-order valence-corrected chi connectivity index (χ4v) is 3.94. The molecule has 2 heterocycles. The van der Waals surface area contributed by atoms with Gasteiger partial charge in [-0.15, -0.1) is 0 Å². The van der Waals surface area contributed by atoms with Crippen LogP contribution in [0.4, 0.5) is 11.4 Å². The lowest BCUT2D eigenvalue weighted by molar-refractivity contribution is 0.101. The second-order valence-corrected chi connectivity index (χ2v) is 8.11. The molecule has 3 aromatic carbocycles. The van der Waals surface area contributed by atoms with Crippen molar-refractivity contribution in [3.8, 4) is 22.5 Å². The number of hydrogen-bond donors (Lipinski definition) is 2. The molecule has 2 aromatic heterocycles. The van der Waals surface area contributed by atoms with Crippen LogP contribution in [0.5, 0.6) is 0 Å². The maximum absolute atomic E-state index is 13.3. The second-order valence-electron chi connectivity index (χ2n) is 8.11. The maximum Gasteiger partial charge on any atom is 0.261 e. The summed E-state index contributed by atoms with van der Waals surface area (Å²) in [6.07, 6.45) is 0. The van der Waals surface area contributed by atoms with Crippen molar-refractivity contribution in [1.82, 2.24) is 10.3 Å². The SMILES string of the molecule is Cc1onc(-c2ccccc2)c1C(=O)Nc1ccccc1NC(=O)c1c(-c2ccccc2)noc1C. The number of benzene rings is 3. The third kappa shape index (κ3) is 4.39. The Morgan fingerprint density at radius 2 is 0.944 bits per heavy atom. The molecule has 0 atom stereocenters. The van der Waals surface area contributed by atoms with Gasteiger partial charge in [0, 0.05) is 11.1 Å². The van der Waals surface area contributed by atoms with E-state index in [0.717, 1.165) is 11.1 Å². The number of aromatic nitrogens is 2. The van der Waals surface area contributed by atoms with Crippen molar-refractivity contribution in [2.75, 3.05) is 10.6 Å². The van der Waals surface area contributed by atoms with E-state index in [1.165, 1.54) is 0 Å².